The number of alkyl carbamates (subject to hydrolysis) is 1. The minimum atomic E-state index is -0.459. The van der Waals surface area contributed by atoms with Crippen molar-refractivity contribution in [2.75, 3.05) is 20.3 Å². The van der Waals surface area contributed by atoms with Crippen LogP contribution in [0.1, 0.15) is 30.0 Å². The number of carbonyl (C=O) groups excluding carboxylic acids is 1. The minimum absolute atomic E-state index is 0.199. The average Bonchev–Trinajstić information content (AvgIpc) is 2.81. The highest BCUT2D eigenvalue weighted by Crippen LogP contribution is 2.34. The van der Waals surface area contributed by atoms with Crippen molar-refractivity contribution < 1.29 is 14.3 Å². The molecule has 1 N–H and O–H groups in total. The van der Waals surface area contributed by atoms with Crippen LogP contribution in [0.2, 0.25) is 0 Å². The Morgan fingerprint density at radius 1 is 0.767 bits per heavy atom. The Labute approximate surface area is 178 Å². The van der Waals surface area contributed by atoms with Gasteiger partial charge in [0.1, 0.15) is 19.0 Å². The highest BCUT2D eigenvalue weighted by atomic mass is 16.6. The van der Waals surface area contributed by atoms with E-state index in [0.29, 0.717) is 6.61 Å². The molecule has 0 saturated heterocycles. The lowest BCUT2D eigenvalue weighted by molar-refractivity contribution is 0.127. The predicted octanol–water partition coefficient (Wildman–Crippen LogP) is 5.79. The second-order valence-electron chi connectivity index (χ2n) is 6.70. The molecule has 4 heteroatoms. The van der Waals surface area contributed by atoms with Crippen molar-refractivity contribution in [3.63, 3.8) is 0 Å². The Morgan fingerprint density at radius 2 is 1.33 bits per heavy atom. The van der Waals surface area contributed by atoms with Crippen LogP contribution in [-0.4, -0.2) is 26.4 Å². The van der Waals surface area contributed by atoms with E-state index in [4.69, 9.17) is 9.47 Å². The van der Waals surface area contributed by atoms with Gasteiger partial charge in [-0.05, 0) is 46.4 Å². The number of rotatable bonds is 8. The van der Waals surface area contributed by atoms with E-state index in [1.807, 2.05) is 24.3 Å². The van der Waals surface area contributed by atoms with E-state index in [2.05, 4.69) is 72.9 Å². The molecule has 3 aromatic rings. The van der Waals surface area contributed by atoms with E-state index < -0.39 is 6.09 Å². The first-order valence-electron chi connectivity index (χ1n) is 10.1. The zero-order valence-electron chi connectivity index (χ0n) is 17.4. The molecule has 30 heavy (non-hydrogen) atoms. The van der Waals surface area contributed by atoms with Crippen molar-refractivity contribution in [2.45, 2.75) is 13.3 Å². The molecular weight excluding hydrogens is 374 g/mol. The molecule has 0 aliphatic heterocycles. The molecule has 0 spiro atoms. The van der Waals surface area contributed by atoms with Crippen LogP contribution >= 0.6 is 0 Å². The number of amides is 1. The molecule has 0 unspecified atom stereocenters. The van der Waals surface area contributed by atoms with Crippen molar-refractivity contribution in [2.24, 2.45) is 0 Å². The SMILES string of the molecule is CC/C(=C(\c1ccccc1)c1ccc(OCCOC(=O)NC)cc1)c1ccccc1. The third-order valence-corrected chi connectivity index (χ3v) is 4.77. The van der Waals surface area contributed by atoms with Crippen molar-refractivity contribution in [3.8, 4) is 5.75 Å². The lowest BCUT2D eigenvalue weighted by atomic mass is 9.88. The molecule has 0 aliphatic rings. The van der Waals surface area contributed by atoms with E-state index >= 15 is 0 Å². The molecular formula is C26H27NO3. The number of hydrogen-bond donors (Lipinski definition) is 1. The zero-order chi connectivity index (χ0) is 21.2. The van der Waals surface area contributed by atoms with E-state index in [9.17, 15) is 4.79 Å². The first kappa shape index (κ1) is 21.2. The molecule has 0 aliphatic carbocycles. The largest absolute Gasteiger partial charge is 0.490 e. The van der Waals surface area contributed by atoms with Crippen LogP contribution in [0.15, 0.2) is 84.9 Å². The van der Waals surface area contributed by atoms with Gasteiger partial charge in [-0.2, -0.15) is 0 Å². The van der Waals surface area contributed by atoms with Gasteiger partial charge in [0, 0.05) is 7.05 Å². The zero-order valence-corrected chi connectivity index (χ0v) is 17.4. The van der Waals surface area contributed by atoms with Crippen molar-refractivity contribution >= 4 is 17.2 Å². The molecule has 4 nitrogen and oxygen atoms in total. The Kier molecular flexibility index (Phi) is 7.67. The summed E-state index contributed by atoms with van der Waals surface area (Å²) in [4.78, 5) is 11.1. The van der Waals surface area contributed by atoms with Gasteiger partial charge in [0.15, 0.2) is 0 Å². The highest BCUT2D eigenvalue weighted by molar-refractivity contribution is 5.98. The molecule has 0 saturated carbocycles. The van der Waals surface area contributed by atoms with Crippen molar-refractivity contribution in [1.82, 2.24) is 5.32 Å². The van der Waals surface area contributed by atoms with Gasteiger partial charge in [-0.3, -0.25) is 0 Å². The fraction of sp³-hybridized carbons (Fsp3) is 0.192. The topological polar surface area (TPSA) is 47.6 Å². The fourth-order valence-electron chi connectivity index (χ4n) is 3.37. The van der Waals surface area contributed by atoms with Gasteiger partial charge in [0.05, 0.1) is 0 Å². The lowest BCUT2D eigenvalue weighted by Gasteiger charge is -2.17. The van der Waals surface area contributed by atoms with E-state index in [1.165, 1.54) is 29.3 Å². The molecule has 0 bridgehead atoms. The molecule has 0 radical (unpaired) electrons. The summed E-state index contributed by atoms with van der Waals surface area (Å²) >= 11 is 0. The molecule has 0 aromatic heterocycles. The van der Waals surface area contributed by atoms with Gasteiger partial charge in [-0.1, -0.05) is 79.7 Å². The number of ether oxygens (including phenoxy) is 2. The van der Waals surface area contributed by atoms with Gasteiger partial charge < -0.3 is 14.8 Å². The Balaban J connectivity index is 1.88. The number of nitrogens with one attached hydrogen (secondary N) is 1. The quantitative estimate of drug-likeness (QED) is 0.384. The number of hydrogen-bond acceptors (Lipinski definition) is 3. The monoisotopic (exact) mass is 401 g/mol. The molecule has 3 rings (SSSR count). The first-order valence-corrected chi connectivity index (χ1v) is 10.1. The van der Waals surface area contributed by atoms with Crippen LogP contribution in [0.3, 0.4) is 0 Å². The third-order valence-electron chi connectivity index (χ3n) is 4.77. The standard InChI is InChI=1S/C26H27NO3/c1-3-24(20-10-6-4-7-11-20)25(21-12-8-5-9-13-21)22-14-16-23(17-15-22)29-18-19-30-26(28)27-2/h4-17H,3,18-19H2,1-2H3,(H,27,28)/b25-24-. The fourth-order valence-corrected chi connectivity index (χ4v) is 3.37. The average molecular weight is 402 g/mol. The third kappa shape index (κ3) is 5.51. The second kappa shape index (κ2) is 10.9. The molecule has 154 valence electrons. The molecule has 0 fully saturated rings. The van der Waals surface area contributed by atoms with Gasteiger partial charge in [-0.25, -0.2) is 4.79 Å². The van der Waals surface area contributed by atoms with E-state index in [-0.39, 0.29) is 6.61 Å². The lowest BCUT2D eigenvalue weighted by Crippen LogP contribution is -2.21. The summed E-state index contributed by atoms with van der Waals surface area (Å²) < 4.78 is 10.6. The van der Waals surface area contributed by atoms with Crippen LogP contribution in [0, 0.1) is 0 Å². The molecule has 0 heterocycles. The van der Waals surface area contributed by atoms with Crippen molar-refractivity contribution in [1.29, 1.82) is 0 Å². The molecule has 0 atom stereocenters. The van der Waals surface area contributed by atoms with Crippen molar-refractivity contribution in [3.05, 3.63) is 102 Å². The van der Waals surface area contributed by atoms with Gasteiger partial charge in [0.25, 0.3) is 0 Å². The summed E-state index contributed by atoms with van der Waals surface area (Å²) in [6.07, 6.45) is 0.461. The second-order valence-corrected chi connectivity index (χ2v) is 6.70. The molecule has 3 aromatic carbocycles. The van der Waals surface area contributed by atoms with Gasteiger partial charge >= 0.3 is 6.09 Å². The summed E-state index contributed by atoms with van der Waals surface area (Å²) in [7, 11) is 1.53. The highest BCUT2D eigenvalue weighted by Gasteiger charge is 2.13. The predicted molar refractivity (Wildman–Crippen MR) is 121 cm³/mol. The van der Waals surface area contributed by atoms with Gasteiger partial charge in [-0.15, -0.1) is 0 Å². The van der Waals surface area contributed by atoms with Crippen LogP contribution < -0.4 is 10.1 Å². The Bertz CT molecular complexity index is 964. The van der Waals surface area contributed by atoms with Gasteiger partial charge in [0.2, 0.25) is 0 Å². The smallest absolute Gasteiger partial charge is 0.406 e. The molecule has 1 amide bonds. The summed E-state index contributed by atoms with van der Waals surface area (Å²) in [5, 5.41) is 2.41. The Hall–Kier alpha value is -3.53. The van der Waals surface area contributed by atoms with E-state index in [0.717, 1.165) is 17.7 Å². The Morgan fingerprint density at radius 3 is 1.90 bits per heavy atom. The summed E-state index contributed by atoms with van der Waals surface area (Å²) in [6.45, 7) is 2.69. The summed E-state index contributed by atoms with van der Waals surface area (Å²) in [6, 6.07) is 29.0. The number of carbonyl (C=O) groups is 1. The normalized spacial score (nSPS) is 11.4. The van der Waals surface area contributed by atoms with Crippen LogP contribution in [-0.2, 0) is 4.74 Å². The van der Waals surface area contributed by atoms with Crippen LogP contribution in [0.5, 0.6) is 5.75 Å². The maximum atomic E-state index is 11.1. The van der Waals surface area contributed by atoms with Crippen LogP contribution in [0.25, 0.3) is 11.1 Å². The maximum Gasteiger partial charge on any atom is 0.406 e. The van der Waals surface area contributed by atoms with Crippen LogP contribution in [0.4, 0.5) is 4.79 Å². The summed E-state index contributed by atoms with van der Waals surface area (Å²) in [5.74, 6) is 0.740. The number of allylic oxidation sites excluding steroid dienone is 1. The summed E-state index contributed by atoms with van der Waals surface area (Å²) in [5.41, 5.74) is 6.07. The minimum Gasteiger partial charge on any atom is -0.490 e. The van der Waals surface area contributed by atoms with E-state index in [1.54, 1.807) is 0 Å². The number of benzene rings is 3. The first-order chi connectivity index (χ1) is 14.7. The maximum absolute atomic E-state index is 11.1.